The first-order valence-electron chi connectivity index (χ1n) is 12.8. The van der Waals surface area contributed by atoms with E-state index in [-0.39, 0.29) is 28.8 Å². The maximum absolute atomic E-state index is 12.8. The molecule has 6 atom stereocenters. The van der Waals surface area contributed by atoms with E-state index < -0.39 is 0 Å². The van der Waals surface area contributed by atoms with Crippen LogP contribution in [-0.2, 0) is 14.3 Å². The van der Waals surface area contributed by atoms with Gasteiger partial charge in [-0.05, 0) is 74.5 Å². The van der Waals surface area contributed by atoms with Crippen molar-refractivity contribution in [2.75, 3.05) is 0 Å². The van der Waals surface area contributed by atoms with Crippen molar-refractivity contribution in [3.63, 3.8) is 0 Å². The van der Waals surface area contributed by atoms with Crippen LogP contribution in [0.5, 0.6) is 0 Å². The van der Waals surface area contributed by atoms with Crippen molar-refractivity contribution in [3.05, 3.63) is 11.6 Å². The van der Waals surface area contributed by atoms with E-state index in [1.807, 2.05) is 0 Å². The number of allylic oxidation sites excluding steroid dienone is 1. The molecule has 0 aromatic carbocycles. The number of fused-ring (bicyclic) bond motifs is 5. The molecule has 4 aliphatic rings. The van der Waals surface area contributed by atoms with Crippen LogP contribution in [0.4, 0.5) is 0 Å². The van der Waals surface area contributed by atoms with E-state index in [2.05, 4.69) is 33.8 Å². The third-order valence-corrected chi connectivity index (χ3v) is 9.66. The molecule has 30 heavy (non-hydrogen) atoms. The summed E-state index contributed by atoms with van der Waals surface area (Å²) in [5.41, 5.74) is 1.73. The summed E-state index contributed by atoms with van der Waals surface area (Å²) in [7, 11) is 0. The molecule has 0 heterocycles. The molecule has 3 saturated carbocycles. The molecule has 0 amide bonds. The van der Waals surface area contributed by atoms with Gasteiger partial charge in [0.15, 0.2) is 0 Å². The van der Waals surface area contributed by atoms with Crippen LogP contribution in [0.1, 0.15) is 105 Å². The molecule has 0 unspecified atom stereocenters. The molecule has 3 heteroatoms. The molecule has 0 radical (unpaired) electrons. The molecule has 0 N–H and O–H groups in total. The molecule has 3 fully saturated rings. The van der Waals surface area contributed by atoms with Gasteiger partial charge in [-0.3, -0.25) is 9.59 Å². The predicted octanol–water partition coefficient (Wildman–Crippen LogP) is 6.65. The summed E-state index contributed by atoms with van der Waals surface area (Å²) in [6, 6.07) is 0. The number of carbonyl (C=O) groups is 2. The normalized spacial score (nSPS) is 40.4. The topological polar surface area (TPSA) is 43.4 Å². The second-order valence-corrected chi connectivity index (χ2v) is 11.3. The Kier molecular flexibility index (Phi) is 6.21. The second-order valence-electron chi connectivity index (χ2n) is 11.3. The summed E-state index contributed by atoms with van der Waals surface area (Å²) in [5.74, 6) is 2.59. The Morgan fingerprint density at radius 1 is 1.07 bits per heavy atom. The van der Waals surface area contributed by atoms with Gasteiger partial charge in [0.25, 0.3) is 0 Å². The standard InChI is InChI=1S/C27H42O3/c1-5-7-18(8-6-2)25(29)30-20-13-15-26(3)19(17-20)9-10-21-22-11-12-24(28)27(22,4)16-14-23(21)26/h9,18,20-23H,5-8,10-17H2,1-4H3/t20-,21-,22-,23-,26-,27-/m0/s1. The first-order chi connectivity index (χ1) is 14.3. The molecule has 0 bridgehead atoms. The number of rotatable bonds is 6. The number of hydrogen-bond acceptors (Lipinski definition) is 3. The number of carbonyl (C=O) groups excluding carboxylic acids is 2. The minimum absolute atomic E-state index is 0.0412. The van der Waals surface area contributed by atoms with Crippen molar-refractivity contribution in [2.45, 2.75) is 111 Å². The van der Waals surface area contributed by atoms with Gasteiger partial charge in [0.05, 0.1) is 5.92 Å². The second kappa shape index (κ2) is 8.43. The van der Waals surface area contributed by atoms with E-state index >= 15 is 0 Å². The maximum atomic E-state index is 12.8. The zero-order valence-corrected chi connectivity index (χ0v) is 19.7. The van der Waals surface area contributed by atoms with E-state index in [0.717, 1.165) is 70.6 Å². The minimum Gasteiger partial charge on any atom is -0.462 e. The lowest BCUT2D eigenvalue weighted by Crippen LogP contribution is -2.50. The number of hydrogen-bond donors (Lipinski definition) is 0. The molecule has 3 nitrogen and oxygen atoms in total. The third-order valence-electron chi connectivity index (χ3n) is 9.66. The van der Waals surface area contributed by atoms with E-state index in [4.69, 9.17) is 4.74 Å². The lowest BCUT2D eigenvalue weighted by atomic mass is 9.48. The van der Waals surface area contributed by atoms with Crippen molar-refractivity contribution in [3.8, 4) is 0 Å². The van der Waals surface area contributed by atoms with Gasteiger partial charge in [0, 0.05) is 18.3 Å². The largest absolute Gasteiger partial charge is 0.462 e. The van der Waals surface area contributed by atoms with Crippen molar-refractivity contribution in [1.29, 1.82) is 0 Å². The highest BCUT2D eigenvalue weighted by Gasteiger charge is 2.58. The van der Waals surface area contributed by atoms with E-state index in [1.165, 1.54) is 6.42 Å². The van der Waals surface area contributed by atoms with Gasteiger partial charge in [-0.2, -0.15) is 0 Å². The van der Waals surface area contributed by atoms with Gasteiger partial charge < -0.3 is 4.74 Å². The van der Waals surface area contributed by atoms with Crippen LogP contribution in [0.25, 0.3) is 0 Å². The Balaban J connectivity index is 1.45. The van der Waals surface area contributed by atoms with E-state index in [9.17, 15) is 9.59 Å². The van der Waals surface area contributed by atoms with E-state index in [0.29, 0.717) is 23.5 Å². The molecule has 4 aliphatic carbocycles. The zero-order valence-electron chi connectivity index (χ0n) is 19.7. The van der Waals surface area contributed by atoms with Gasteiger partial charge in [-0.1, -0.05) is 52.2 Å². The highest BCUT2D eigenvalue weighted by Crippen LogP contribution is 2.64. The van der Waals surface area contributed by atoms with Crippen LogP contribution >= 0.6 is 0 Å². The fraction of sp³-hybridized carbons (Fsp3) is 0.852. The maximum Gasteiger partial charge on any atom is 0.309 e. The summed E-state index contributed by atoms with van der Waals surface area (Å²) < 4.78 is 6.06. The van der Waals surface area contributed by atoms with Gasteiger partial charge in [-0.25, -0.2) is 0 Å². The monoisotopic (exact) mass is 414 g/mol. The Labute approximate surface area is 183 Å². The summed E-state index contributed by atoms with van der Waals surface area (Å²) >= 11 is 0. The third kappa shape index (κ3) is 3.58. The molecule has 0 aliphatic heterocycles. The fourth-order valence-electron chi connectivity index (χ4n) is 7.84. The lowest BCUT2D eigenvalue weighted by Gasteiger charge is -2.56. The van der Waals surface area contributed by atoms with Gasteiger partial charge in [0.1, 0.15) is 11.9 Å². The van der Waals surface area contributed by atoms with Crippen molar-refractivity contribution >= 4 is 11.8 Å². The van der Waals surface area contributed by atoms with Crippen LogP contribution in [0, 0.1) is 34.5 Å². The van der Waals surface area contributed by atoms with Gasteiger partial charge >= 0.3 is 5.97 Å². The molecule has 0 saturated heterocycles. The highest BCUT2D eigenvalue weighted by atomic mass is 16.5. The van der Waals surface area contributed by atoms with Crippen molar-refractivity contribution in [1.82, 2.24) is 0 Å². The fourth-order valence-corrected chi connectivity index (χ4v) is 7.84. The quantitative estimate of drug-likeness (QED) is 0.361. The van der Waals surface area contributed by atoms with Crippen LogP contribution < -0.4 is 0 Å². The summed E-state index contributed by atoms with van der Waals surface area (Å²) in [6.07, 6.45) is 14.9. The Bertz CT molecular complexity index is 703. The Morgan fingerprint density at radius 2 is 1.73 bits per heavy atom. The number of Topliss-reactive ketones (excluding diaryl/α,β-unsaturated/α-hetero) is 1. The molecular weight excluding hydrogens is 372 g/mol. The smallest absolute Gasteiger partial charge is 0.309 e. The molecular formula is C27H42O3. The van der Waals surface area contributed by atoms with Crippen LogP contribution in [0.2, 0.25) is 0 Å². The Morgan fingerprint density at radius 3 is 2.43 bits per heavy atom. The van der Waals surface area contributed by atoms with Crippen LogP contribution in [0.3, 0.4) is 0 Å². The summed E-state index contributed by atoms with van der Waals surface area (Å²) in [5, 5.41) is 0. The Hall–Kier alpha value is -1.12. The number of ether oxygens (including phenoxy) is 1. The average molecular weight is 415 g/mol. The SMILES string of the molecule is CCCC(CCC)C(=O)O[C@H]1CC[C@@]2(C)C(=CC[C@@H]3[C@@H]2CC[C@]2(C)C(=O)CC[C@@H]32)C1. The molecule has 168 valence electrons. The van der Waals surface area contributed by atoms with Crippen molar-refractivity contribution < 1.29 is 14.3 Å². The van der Waals surface area contributed by atoms with E-state index in [1.54, 1.807) is 5.57 Å². The number of esters is 1. The number of ketones is 1. The van der Waals surface area contributed by atoms with Crippen LogP contribution in [-0.4, -0.2) is 17.9 Å². The molecule has 0 spiro atoms. The lowest BCUT2D eigenvalue weighted by molar-refractivity contribution is -0.157. The molecule has 4 rings (SSSR count). The summed E-state index contributed by atoms with van der Waals surface area (Å²) in [6.45, 7) is 9.03. The van der Waals surface area contributed by atoms with Crippen LogP contribution in [0.15, 0.2) is 11.6 Å². The van der Waals surface area contributed by atoms with Crippen molar-refractivity contribution in [2.24, 2.45) is 34.5 Å². The van der Waals surface area contributed by atoms with Gasteiger partial charge in [-0.15, -0.1) is 0 Å². The predicted molar refractivity (Wildman–Crippen MR) is 120 cm³/mol. The first kappa shape index (κ1) is 22.1. The van der Waals surface area contributed by atoms with Gasteiger partial charge in [0.2, 0.25) is 0 Å². The molecule has 0 aromatic heterocycles. The zero-order chi connectivity index (χ0) is 21.5. The average Bonchev–Trinajstić information content (AvgIpc) is 3.03. The first-order valence-corrected chi connectivity index (χ1v) is 12.8. The summed E-state index contributed by atoms with van der Waals surface area (Å²) in [4.78, 5) is 25.4. The minimum atomic E-state index is -0.0524. The molecule has 0 aromatic rings. The highest BCUT2D eigenvalue weighted by molar-refractivity contribution is 5.87.